The monoisotopic (exact) mass is 275 g/mol. The van der Waals surface area contributed by atoms with Crippen LogP contribution >= 0.6 is 11.6 Å². The van der Waals surface area contributed by atoms with E-state index in [1.54, 1.807) is 0 Å². The van der Waals surface area contributed by atoms with Crippen molar-refractivity contribution in [2.24, 2.45) is 0 Å². The van der Waals surface area contributed by atoms with Gasteiger partial charge in [0, 0.05) is 6.54 Å². The highest BCUT2D eigenvalue weighted by molar-refractivity contribution is 6.31. The first-order chi connectivity index (χ1) is 9.08. The van der Waals surface area contributed by atoms with Crippen LogP contribution in [0.3, 0.4) is 0 Å². The fourth-order valence-electron chi connectivity index (χ4n) is 1.84. The summed E-state index contributed by atoms with van der Waals surface area (Å²) in [6.45, 7) is 6.79. The van der Waals surface area contributed by atoms with Gasteiger partial charge in [0.1, 0.15) is 0 Å². The van der Waals surface area contributed by atoms with E-state index in [9.17, 15) is 0 Å². The molecule has 19 heavy (non-hydrogen) atoms. The minimum Gasteiger partial charge on any atom is -0.367 e. The van der Waals surface area contributed by atoms with Gasteiger partial charge in [0.2, 0.25) is 0 Å². The first-order valence-corrected chi connectivity index (χ1v) is 6.75. The Bertz CT molecular complexity index is 555. The molecule has 2 aromatic rings. The summed E-state index contributed by atoms with van der Waals surface area (Å²) >= 11 is 6.09. The van der Waals surface area contributed by atoms with E-state index in [0.717, 1.165) is 17.9 Å². The zero-order valence-electron chi connectivity index (χ0n) is 11.4. The van der Waals surface area contributed by atoms with E-state index in [4.69, 9.17) is 11.6 Å². The third kappa shape index (κ3) is 3.44. The van der Waals surface area contributed by atoms with E-state index in [-0.39, 0.29) is 0 Å². The van der Waals surface area contributed by atoms with E-state index in [1.165, 1.54) is 5.56 Å². The van der Waals surface area contributed by atoms with Gasteiger partial charge in [0.05, 0.1) is 11.4 Å². The molecule has 2 rings (SSSR count). The van der Waals surface area contributed by atoms with E-state index in [1.807, 2.05) is 19.9 Å². The zero-order valence-corrected chi connectivity index (χ0v) is 12.2. The van der Waals surface area contributed by atoms with Gasteiger partial charge in [-0.25, -0.2) is 9.97 Å². The van der Waals surface area contributed by atoms with E-state index < -0.39 is 0 Å². The lowest BCUT2D eigenvalue weighted by molar-refractivity contribution is 0.799. The molecule has 0 spiro atoms. The van der Waals surface area contributed by atoms with Crippen LogP contribution in [0.4, 0.5) is 5.82 Å². The van der Waals surface area contributed by atoms with Crippen molar-refractivity contribution in [3.63, 3.8) is 0 Å². The average Bonchev–Trinajstić information content (AvgIpc) is 2.42. The molecule has 1 aromatic heterocycles. The summed E-state index contributed by atoms with van der Waals surface area (Å²) in [5.41, 5.74) is 3.06. The summed E-state index contributed by atoms with van der Waals surface area (Å²) in [5, 5.41) is 3.71. The molecule has 0 aliphatic carbocycles. The summed E-state index contributed by atoms with van der Waals surface area (Å²) in [4.78, 5) is 8.70. The van der Waals surface area contributed by atoms with Crippen molar-refractivity contribution >= 4 is 17.4 Å². The van der Waals surface area contributed by atoms with Gasteiger partial charge in [-0.2, -0.15) is 0 Å². The van der Waals surface area contributed by atoms with Crippen LogP contribution in [0, 0.1) is 13.8 Å². The normalized spacial score (nSPS) is 12.2. The molecule has 0 saturated carbocycles. The van der Waals surface area contributed by atoms with Crippen molar-refractivity contribution in [1.29, 1.82) is 0 Å². The molecule has 1 atom stereocenters. The van der Waals surface area contributed by atoms with Gasteiger partial charge < -0.3 is 5.32 Å². The zero-order chi connectivity index (χ0) is 13.8. The fourth-order valence-corrected chi connectivity index (χ4v) is 2.07. The number of hydrogen-bond acceptors (Lipinski definition) is 3. The maximum atomic E-state index is 6.09. The largest absolute Gasteiger partial charge is 0.367 e. The maximum absolute atomic E-state index is 6.09. The number of halogens is 1. The predicted molar refractivity (Wildman–Crippen MR) is 79.9 cm³/mol. The van der Waals surface area contributed by atoms with Crippen molar-refractivity contribution < 1.29 is 0 Å². The van der Waals surface area contributed by atoms with Gasteiger partial charge >= 0.3 is 0 Å². The van der Waals surface area contributed by atoms with E-state index in [0.29, 0.717) is 16.9 Å². The number of anilines is 1. The molecule has 0 aliphatic heterocycles. The Morgan fingerprint density at radius 1 is 1.11 bits per heavy atom. The van der Waals surface area contributed by atoms with Crippen molar-refractivity contribution in [3.05, 3.63) is 52.4 Å². The molecule has 1 N–H and O–H groups in total. The van der Waals surface area contributed by atoms with Crippen LogP contribution in [0.1, 0.15) is 29.8 Å². The molecular formula is C15H18ClN3. The number of hydrogen-bond donors (Lipinski definition) is 1. The summed E-state index contributed by atoms with van der Waals surface area (Å²) in [5.74, 6) is 1.05. The van der Waals surface area contributed by atoms with Crippen LogP contribution in [0.2, 0.25) is 5.15 Å². The summed E-state index contributed by atoms with van der Waals surface area (Å²) in [7, 11) is 0. The Hall–Kier alpha value is -1.61. The molecule has 0 radical (unpaired) electrons. The summed E-state index contributed by atoms with van der Waals surface area (Å²) in [6, 6.07) is 10.4. The number of aryl methyl sites for hydroxylation is 2. The molecule has 1 aromatic carbocycles. The smallest absolute Gasteiger partial charge is 0.171 e. The summed E-state index contributed by atoms with van der Waals surface area (Å²) in [6.07, 6.45) is 0. The number of nitrogens with one attached hydrogen (secondary N) is 1. The predicted octanol–water partition coefficient (Wildman–Crippen LogP) is 3.96. The van der Waals surface area contributed by atoms with Crippen LogP contribution < -0.4 is 5.32 Å². The minimum atomic E-state index is 0.390. The first-order valence-electron chi connectivity index (χ1n) is 6.37. The van der Waals surface area contributed by atoms with Gasteiger partial charge in [-0.15, -0.1) is 0 Å². The van der Waals surface area contributed by atoms with Gasteiger partial charge in [-0.1, -0.05) is 48.9 Å². The second-order valence-corrected chi connectivity index (χ2v) is 5.08. The molecule has 4 heteroatoms. The number of nitrogens with zero attached hydrogens (tertiary/aromatic N) is 2. The van der Waals surface area contributed by atoms with Crippen molar-refractivity contribution in [3.8, 4) is 0 Å². The Labute approximate surface area is 119 Å². The summed E-state index contributed by atoms with van der Waals surface area (Å²) < 4.78 is 0. The van der Waals surface area contributed by atoms with Crippen LogP contribution in [0.25, 0.3) is 0 Å². The Balaban J connectivity index is 2.05. The van der Waals surface area contributed by atoms with Gasteiger partial charge in [-0.3, -0.25) is 0 Å². The highest BCUT2D eigenvalue weighted by atomic mass is 35.5. The SMILES string of the molecule is Cc1nc(Cl)c(NCC(C)c2ccccc2)nc1C. The molecular weight excluding hydrogens is 258 g/mol. The highest BCUT2D eigenvalue weighted by Gasteiger charge is 2.09. The highest BCUT2D eigenvalue weighted by Crippen LogP contribution is 2.20. The van der Waals surface area contributed by atoms with Gasteiger partial charge in [0.25, 0.3) is 0 Å². The molecule has 0 saturated heterocycles. The standard InChI is InChI=1S/C15H18ClN3/c1-10(13-7-5-4-6-8-13)9-17-15-14(16)18-11(2)12(3)19-15/h4-8,10H,9H2,1-3H3,(H,17,19). The molecule has 0 bridgehead atoms. The van der Waals surface area contributed by atoms with Gasteiger partial charge in [-0.05, 0) is 25.3 Å². The van der Waals surface area contributed by atoms with Gasteiger partial charge in [0.15, 0.2) is 11.0 Å². The van der Waals surface area contributed by atoms with Crippen molar-refractivity contribution in [2.75, 3.05) is 11.9 Å². The molecule has 0 aliphatic rings. The molecule has 100 valence electrons. The number of rotatable bonds is 4. The Kier molecular flexibility index (Phi) is 4.38. The molecule has 0 amide bonds. The third-order valence-corrected chi connectivity index (χ3v) is 3.47. The van der Waals surface area contributed by atoms with Crippen LogP contribution in [0.5, 0.6) is 0 Å². The number of benzene rings is 1. The number of aromatic nitrogens is 2. The Morgan fingerprint density at radius 2 is 1.74 bits per heavy atom. The molecule has 1 unspecified atom stereocenters. The van der Waals surface area contributed by atoms with Crippen LogP contribution in [-0.4, -0.2) is 16.5 Å². The maximum Gasteiger partial charge on any atom is 0.171 e. The first kappa shape index (κ1) is 13.8. The Morgan fingerprint density at radius 3 is 2.42 bits per heavy atom. The second kappa shape index (κ2) is 6.02. The van der Waals surface area contributed by atoms with Crippen molar-refractivity contribution in [1.82, 2.24) is 9.97 Å². The van der Waals surface area contributed by atoms with E-state index in [2.05, 4.69) is 46.5 Å². The lowest BCUT2D eigenvalue weighted by Crippen LogP contribution is -2.12. The van der Waals surface area contributed by atoms with Crippen LogP contribution in [-0.2, 0) is 0 Å². The average molecular weight is 276 g/mol. The fraction of sp³-hybridized carbons (Fsp3) is 0.333. The molecule has 1 heterocycles. The quantitative estimate of drug-likeness (QED) is 0.918. The second-order valence-electron chi connectivity index (χ2n) is 4.73. The van der Waals surface area contributed by atoms with Crippen LogP contribution in [0.15, 0.2) is 30.3 Å². The topological polar surface area (TPSA) is 37.8 Å². The third-order valence-electron chi connectivity index (χ3n) is 3.21. The minimum absolute atomic E-state index is 0.390. The van der Waals surface area contributed by atoms with E-state index >= 15 is 0 Å². The molecule has 3 nitrogen and oxygen atoms in total. The lowest BCUT2D eigenvalue weighted by atomic mass is 10.0. The molecule has 0 fully saturated rings. The van der Waals surface area contributed by atoms with Crippen molar-refractivity contribution in [2.45, 2.75) is 26.7 Å². The lowest BCUT2D eigenvalue weighted by Gasteiger charge is -2.14.